The van der Waals surface area contributed by atoms with E-state index >= 15 is 0 Å². The lowest BCUT2D eigenvalue weighted by atomic mass is 10.1. The van der Waals surface area contributed by atoms with Gasteiger partial charge in [-0.1, -0.05) is 31.5 Å². The molecule has 0 saturated heterocycles. The van der Waals surface area contributed by atoms with E-state index in [-0.39, 0.29) is 12.4 Å². The van der Waals surface area contributed by atoms with Gasteiger partial charge in [-0.05, 0) is 18.9 Å². The summed E-state index contributed by atoms with van der Waals surface area (Å²) in [5, 5.41) is 14.3. The minimum atomic E-state index is 0.112. The van der Waals surface area contributed by atoms with E-state index in [2.05, 4.69) is 12.0 Å². The van der Waals surface area contributed by atoms with Gasteiger partial charge in [0, 0.05) is 25.0 Å². The molecule has 19 heavy (non-hydrogen) atoms. The number of fused-ring (bicyclic) bond motifs is 1. The Morgan fingerprint density at radius 1 is 1.32 bits per heavy atom. The zero-order valence-electron chi connectivity index (χ0n) is 11.3. The Hall–Kier alpha value is -1.68. The van der Waals surface area contributed by atoms with Gasteiger partial charge in [-0.15, -0.1) is 0 Å². The first-order chi connectivity index (χ1) is 9.27. The summed E-state index contributed by atoms with van der Waals surface area (Å²) in [6.45, 7) is 2.84. The van der Waals surface area contributed by atoms with E-state index in [1.807, 2.05) is 28.9 Å². The Morgan fingerprint density at radius 3 is 2.84 bits per heavy atom. The average Bonchev–Trinajstić information content (AvgIpc) is 2.81. The van der Waals surface area contributed by atoms with Gasteiger partial charge in [0.25, 0.3) is 0 Å². The molecule has 4 nitrogen and oxygen atoms in total. The summed E-state index contributed by atoms with van der Waals surface area (Å²) in [5.41, 5.74) is 1.54. The van der Waals surface area contributed by atoms with Crippen molar-refractivity contribution in [2.24, 2.45) is 0 Å². The fraction of sp³-hybridized carbons (Fsp3) is 0.467. The number of para-hydroxylation sites is 1. The van der Waals surface area contributed by atoms with Gasteiger partial charge in [-0.25, -0.2) is 0 Å². The molecule has 0 fully saturated rings. The Balaban J connectivity index is 2.35. The fourth-order valence-electron chi connectivity index (χ4n) is 2.18. The third-order valence-electron chi connectivity index (χ3n) is 3.21. The Morgan fingerprint density at radius 2 is 2.11 bits per heavy atom. The standard InChI is InChI=1S/C15H20N2O2/c1-2-3-9-14(19)15-12-7-4-5-8-13(12)17(16-15)10-6-11-18/h4-5,7-8,18H,2-3,6,9-11H2,1H3. The second-order valence-electron chi connectivity index (χ2n) is 4.69. The largest absolute Gasteiger partial charge is 0.396 e. The second kappa shape index (κ2) is 6.48. The highest BCUT2D eigenvalue weighted by Crippen LogP contribution is 2.20. The van der Waals surface area contributed by atoms with Crippen molar-refractivity contribution in [1.82, 2.24) is 9.78 Å². The van der Waals surface area contributed by atoms with Crippen LogP contribution in [0.15, 0.2) is 24.3 Å². The quantitative estimate of drug-likeness (QED) is 0.779. The van der Waals surface area contributed by atoms with Crippen LogP contribution >= 0.6 is 0 Å². The highest BCUT2D eigenvalue weighted by molar-refractivity contribution is 6.05. The van der Waals surface area contributed by atoms with Crippen LogP contribution in [-0.2, 0) is 6.54 Å². The van der Waals surface area contributed by atoms with Crippen LogP contribution in [0, 0.1) is 0 Å². The van der Waals surface area contributed by atoms with Crippen molar-refractivity contribution in [3.8, 4) is 0 Å². The minimum absolute atomic E-state index is 0.112. The lowest BCUT2D eigenvalue weighted by molar-refractivity contribution is 0.0975. The second-order valence-corrected chi connectivity index (χ2v) is 4.69. The third-order valence-corrected chi connectivity index (χ3v) is 3.21. The molecule has 1 aromatic carbocycles. The topological polar surface area (TPSA) is 55.1 Å². The van der Waals surface area contributed by atoms with Gasteiger partial charge in [0.1, 0.15) is 5.69 Å². The summed E-state index contributed by atoms with van der Waals surface area (Å²) in [5.74, 6) is 0.112. The number of unbranched alkanes of at least 4 members (excludes halogenated alkanes) is 1. The van der Waals surface area contributed by atoms with Gasteiger partial charge < -0.3 is 5.11 Å². The number of rotatable bonds is 7. The number of aromatic nitrogens is 2. The molecule has 1 heterocycles. The lowest BCUT2D eigenvalue weighted by Gasteiger charge is -2.00. The normalized spacial score (nSPS) is 11.1. The predicted octanol–water partition coefficient (Wildman–Crippen LogP) is 2.79. The van der Waals surface area contributed by atoms with Crippen molar-refractivity contribution in [3.63, 3.8) is 0 Å². The summed E-state index contributed by atoms with van der Waals surface area (Å²) < 4.78 is 1.82. The molecule has 0 aliphatic rings. The van der Waals surface area contributed by atoms with E-state index in [1.165, 1.54) is 0 Å². The van der Waals surface area contributed by atoms with E-state index in [0.29, 0.717) is 25.1 Å². The number of benzene rings is 1. The van der Waals surface area contributed by atoms with E-state index in [9.17, 15) is 4.79 Å². The molecule has 2 aromatic rings. The molecular formula is C15H20N2O2. The average molecular weight is 260 g/mol. The van der Waals surface area contributed by atoms with Gasteiger partial charge in [-0.2, -0.15) is 5.10 Å². The van der Waals surface area contributed by atoms with Gasteiger partial charge in [0.05, 0.1) is 5.52 Å². The molecule has 1 aromatic heterocycles. The molecule has 0 atom stereocenters. The number of aliphatic hydroxyl groups is 1. The summed E-state index contributed by atoms with van der Waals surface area (Å²) in [6.07, 6.45) is 3.11. The number of aliphatic hydroxyl groups excluding tert-OH is 1. The highest BCUT2D eigenvalue weighted by Gasteiger charge is 2.15. The zero-order chi connectivity index (χ0) is 13.7. The number of hydrogen-bond acceptors (Lipinski definition) is 3. The first-order valence-electron chi connectivity index (χ1n) is 6.87. The van der Waals surface area contributed by atoms with Gasteiger partial charge in [-0.3, -0.25) is 9.48 Å². The van der Waals surface area contributed by atoms with Gasteiger partial charge in [0.2, 0.25) is 0 Å². The van der Waals surface area contributed by atoms with E-state index in [1.54, 1.807) is 0 Å². The number of nitrogens with zero attached hydrogens (tertiary/aromatic N) is 2. The smallest absolute Gasteiger partial charge is 0.183 e. The van der Waals surface area contributed by atoms with Crippen molar-refractivity contribution >= 4 is 16.7 Å². The van der Waals surface area contributed by atoms with Crippen LogP contribution in [0.4, 0.5) is 0 Å². The molecule has 0 spiro atoms. The summed E-state index contributed by atoms with van der Waals surface area (Å²) in [7, 11) is 0. The van der Waals surface area contributed by atoms with Crippen LogP contribution in [0.3, 0.4) is 0 Å². The first kappa shape index (κ1) is 13.7. The Bertz CT molecular complexity index is 560. The molecule has 0 saturated carbocycles. The number of Topliss-reactive ketones (excluding diaryl/α,β-unsaturated/α-hetero) is 1. The molecule has 102 valence electrons. The number of hydrogen-bond donors (Lipinski definition) is 1. The van der Waals surface area contributed by atoms with Gasteiger partial charge >= 0.3 is 0 Å². The molecule has 0 aliphatic heterocycles. The SMILES string of the molecule is CCCCC(=O)c1nn(CCCO)c2ccccc12. The number of carbonyl (C=O) groups is 1. The highest BCUT2D eigenvalue weighted by atomic mass is 16.3. The zero-order valence-corrected chi connectivity index (χ0v) is 11.3. The third kappa shape index (κ3) is 3.01. The van der Waals surface area contributed by atoms with Crippen molar-refractivity contribution in [2.75, 3.05) is 6.61 Å². The van der Waals surface area contributed by atoms with Crippen molar-refractivity contribution < 1.29 is 9.90 Å². The fourth-order valence-corrected chi connectivity index (χ4v) is 2.18. The van der Waals surface area contributed by atoms with Crippen LogP contribution in [0.2, 0.25) is 0 Å². The molecule has 0 aliphatic carbocycles. The molecule has 0 unspecified atom stereocenters. The number of carbonyl (C=O) groups excluding carboxylic acids is 1. The minimum Gasteiger partial charge on any atom is -0.396 e. The van der Waals surface area contributed by atoms with Crippen molar-refractivity contribution in [1.29, 1.82) is 0 Å². The Labute approximate surface area is 113 Å². The van der Waals surface area contributed by atoms with Crippen LogP contribution in [-0.4, -0.2) is 27.3 Å². The maximum Gasteiger partial charge on any atom is 0.183 e. The van der Waals surface area contributed by atoms with Gasteiger partial charge in [0.15, 0.2) is 5.78 Å². The van der Waals surface area contributed by atoms with Crippen molar-refractivity contribution in [3.05, 3.63) is 30.0 Å². The molecule has 1 N–H and O–H groups in total. The van der Waals surface area contributed by atoms with Crippen molar-refractivity contribution in [2.45, 2.75) is 39.2 Å². The predicted molar refractivity (Wildman–Crippen MR) is 75.3 cm³/mol. The van der Waals surface area contributed by atoms with Crippen LogP contribution < -0.4 is 0 Å². The molecule has 0 amide bonds. The summed E-state index contributed by atoms with van der Waals surface area (Å²) in [6, 6.07) is 7.78. The number of aryl methyl sites for hydroxylation is 1. The monoisotopic (exact) mass is 260 g/mol. The number of ketones is 1. The summed E-state index contributed by atoms with van der Waals surface area (Å²) >= 11 is 0. The van der Waals surface area contributed by atoms with E-state index in [0.717, 1.165) is 23.7 Å². The maximum absolute atomic E-state index is 12.2. The van der Waals surface area contributed by atoms with Crippen LogP contribution in [0.1, 0.15) is 43.1 Å². The summed E-state index contributed by atoms with van der Waals surface area (Å²) in [4.78, 5) is 12.2. The van der Waals surface area contributed by atoms with Crippen LogP contribution in [0.5, 0.6) is 0 Å². The van der Waals surface area contributed by atoms with E-state index < -0.39 is 0 Å². The molecule has 4 heteroatoms. The molecule has 0 bridgehead atoms. The molecule has 2 rings (SSSR count). The first-order valence-corrected chi connectivity index (χ1v) is 6.87. The maximum atomic E-state index is 12.2. The van der Waals surface area contributed by atoms with E-state index in [4.69, 9.17) is 5.11 Å². The lowest BCUT2D eigenvalue weighted by Crippen LogP contribution is -2.05. The molecular weight excluding hydrogens is 240 g/mol. The Kier molecular flexibility index (Phi) is 4.68. The molecule has 0 radical (unpaired) electrons. The van der Waals surface area contributed by atoms with Crippen LogP contribution in [0.25, 0.3) is 10.9 Å².